The Balaban J connectivity index is 1.82. The van der Waals surface area contributed by atoms with Crippen LogP contribution in [-0.4, -0.2) is 66.6 Å². The van der Waals surface area contributed by atoms with E-state index in [1.165, 1.54) is 0 Å². The molecule has 0 spiro atoms. The second-order valence-corrected chi connectivity index (χ2v) is 5.51. The first-order valence-electron chi connectivity index (χ1n) is 6.78. The minimum atomic E-state index is -0.118. The largest absolute Gasteiger partial charge is 0.375 e. The van der Waals surface area contributed by atoms with E-state index in [9.17, 15) is 4.79 Å². The average molecular weight is 269 g/mol. The molecule has 1 N–H and O–H groups in total. The van der Waals surface area contributed by atoms with E-state index in [0.717, 1.165) is 26.2 Å². The van der Waals surface area contributed by atoms with Crippen molar-refractivity contribution in [2.24, 2.45) is 10.9 Å². The Hall–Kier alpha value is -1.02. The first-order chi connectivity index (χ1) is 9.04. The zero-order valence-corrected chi connectivity index (χ0v) is 11.9. The van der Waals surface area contributed by atoms with Crippen molar-refractivity contribution in [1.82, 2.24) is 20.6 Å². The van der Waals surface area contributed by atoms with Crippen LogP contribution in [0.1, 0.15) is 20.3 Å². The molecule has 7 heteroatoms. The Morgan fingerprint density at radius 3 is 2.68 bits per heavy atom. The highest BCUT2D eigenvalue weighted by molar-refractivity contribution is 5.92. The molecule has 0 atom stereocenters. The first-order valence-corrected chi connectivity index (χ1v) is 6.78. The fourth-order valence-corrected chi connectivity index (χ4v) is 2.09. The molecule has 19 heavy (non-hydrogen) atoms. The topological polar surface area (TPSA) is 60.4 Å². The quantitative estimate of drug-likeness (QED) is 0.770. The molecule has 108 valence electrons. The van der Waals surface area contributed by atoms with E-state index >= 15 is 0 Å². The standard InChI is InChI=1S/C12H23N5O2/c1-10(2)8-11(18)13-12-9-17(14-19-12)16-6-4-15(3)5-7-16/h10,14H,4-9H2,1-3H3. The van der Waals surface area contributed by atoms with Gasteiger partial charge in [0.1, 0.15) is 6.54 Å². The number of amides is 1. The molecule has 2 aliphatic heterocycles. The molecular formula is C12H23N5O2. The van der Waals surface area contributed by atoms with Crippen LogP contribution in [0.25, 0.3) is 0 Å². The van der Waals surface area contributed by atoms with Gasteiger partial charge < -0.3 is 9.74 Å². The first kappa shape index (κ1) is 14.4. The fourth-order valence-electron chi connectivity index (χ4n) is 2.09. The molecule has 0 saturated carbocycles. The lowest BCUT2D eigenvalue weighted by Crippen LogP contribution is -2.55. The molecule has 0 aromatic heterocycles. The summed E-state index contributed by atoms with van der Waals surface area (Å²) in [5.41, 5.74) is 2.81. The second kappa shape index (κ2) is 6.42. The molecule has 2 fully saturated rings. The van der Waals surface area contributed by atoms with Crippen LogP contribution in [-0.2, 0) is 9.63 Å². The monoisotopic (exact) mass is 269 g/mol. The molecule has 0 unspecified atom stereocenters. The molecule has 0 aromatic carbocycles. The van der Waals surface area contributed by atoms with Crippen molar-refractivity contribution in [2.75, 3.05) is 39.8 Å². The Morgan fingerprint density at radius 1 is 1.37 bits per heavy atom. The summed E-state index contributed by atoms with van der Waals surface area (Å²) in [5, 5.41) is 4.06. The number of nitrogens with one attached hydrogen (secondary N) is 1. The highest BCUT2D eigenvalue weighted by Crippen LogP contribution is 2.08. The van der Waals surface area contributed by atoms with Gasteiger partial charge in [0.05, 0.1) is 0 Å². The summed E-state index contributed by atoms with van der Waals surface area (Å²) in [6, 6.07) is 0. The van der Waals surface area contributed by atoms with Crippen molar-refractivity contribution in [3.63, 3.8) is 0 Å². The number of carbonyl (C=O) groups is 1. The van der Waals surface area contributed by atoms with E-state index in [2.05, 4.69) is 27.5 Å². The van der Waals surface area contributed by atoms with Crippen molar-refractivity contribution in [3.8, 4) is 0 Å². The van der Waals surface area contributed by atoms with E-state index in [0.29, 0.717) is 24.8 Å². The third-order valence-electron chi connectivity index (χ3n) is 3.21. The van der Waals surface area contributed by atoms with Crippen LogP contribution in [0.3, 0.4) is 0 Å². The summed E-state index contributed by atoms with van der Waals surface area (Å²) < 4.78 is 0. The van der Waals surface area contributed by atoms with E-state index in [-0.39, 0.29) is 5.91 Å². The van der Waals surface area contributed by atoms with Crippen LogP contribution in [0.4, 0.5) is 0 Å². The minimum Gasteiger partial charge on any atom is -0.375 e. The molecule has 0 radical (unpaired) electrons. The SMILES string of the molecule is CC(C)CC(=O)N=C1CN(N2CCN(C)CC2)NO1. The van der Waals surface area contributed by atoms with Gasteiger partial charge >= 0.3 is 0 Å². The Labute approximate surface area is 114 Å². The molecule has 0 aliphatic carbocycles. The summed E-state index contributed by atoms with van der Waals surface area (Å²) in [6.07, 6.45) is 0.460. The number of carbonyl (C=O) groups excluding carboxylic acids is 1. The summed E-state index contributed by atoms with van der Waals surface area (Å²) in [7, 11) is 2.11. The van der Waals surface area contributed by atoms with Gasteiger partial charge in [0.15, 0.2) is 0 Å². The molecular weight excluding hydrogens is 246 g/mol. The lowest BCUT2D eigenvalue weighted by molar-refractivity contribution is -0.125. The smallest absolute Gasteiger partial charge is 0.249 e. The van der Waals surface area contributed by atoms with Crippen molar-refractivity contribution in [2.45, 2.75) is 20.3 Å². The highest BCUT2D eigenvalue weighted by Gasteiger charge is 2.28. The lowest BCUT2D eigenvalue weighted by atomic mass is 10.1. The Morgan fingerprint density at radius 2 is 2.05 bits per heavy atom. The van der Waals surface area contributed by atoms with Gasteiger partial charge in [-0.25, -0.2) is 5.01 Å². The maximum atomic E-state index is 11.6. The van der Waals surface area contributed by atoms with Crippen molar-refractivity contribution < 1.29 is 9.63 Å². The number of aliphatic imine (C=N–C) groups is 1. The van der Waals surface area contributed by atoms with Gasteiger partial charge in [-0.15, -0.1) is 5.12 Å². The van der Waals surface area contributed by atoms with Crippen LogP contribution < -0.4 is 5.59 Å². The molecule has 7 nitrogen and oxygen atoms in total. The van der Waals surface area contributed by atoms with Crippen LogP contribution >= 0.6 is 0 Å². The average Bonchev–Trinajstić information content (AvgIpc) is 2.77. The van der Waals surface area contributed by atoms with E-state index in [1.807, 2.05) is 19.0 Å². The number of nitrogens with zero attached hydrogens (tertiary/aromatic N) is 4. The maximum Gasteiger partial charge on any atom is 0.249 e. The van der Waals surface area contributed by atoms with Crippen molar-refractivity contribution in [3.05, 3.63) is 0 Å². The number of hydrazine groups is 2. The molecule has 2 rings (SSSR count). The number of likely N-dealkylation sites (N-methyl/N-ethyl adjacent to an activating group) is 1. The Kier molecular flexibility index (Phi) is 4.87. The lowest BCUT2D eigenvalue weighted by Gasteiger charge is -2.35. The number of hydrogen-bond acceptors (Lipinski definition) is 6. The number of piperazine rings is 1. The van der Waals surface area contributed by atoms with Crippen molar-refractivity contribution in [1.29, 1.82) is 0 Å². The summed E-state index contributed by atoms with van der Waals surface area (Å²) >= 11 is 0. The number of hydrogen-bond donors (Lipinski definition) is 1. The van der Waals surface area contributed by atoms with E-state index in [1.54, 1.807) is 0 Å². The zero-order chi connectivity index (χ0) is 13.8. The van der Waals surface area contributed by atoms with Crippen LogP contribution in [0.5, 0.6) is 0 Å². The van der Waals surface area contributed by atoms with E-state index in [4.69, 9.17) is 4.84 Å². The second-order valence-electron chi connectivity index (χ2n) is 5.51. The predicted molar refractivity (Wildman–Crippen MR) is 71.9 cm³/mol. The summed E-state index contributed by atoms with van der Waals surface area (Å²) in [4.78, 5) is 23.1. The third kappa shape index (κ3) is 4.24. The molecule has 0 bridgehead atoms. The van der Waals surface area contributed by atoms with E-state index < -0.39 is 0 Å². The highest BCUT2D eigenvalue weighted by atomic mass is 16.7. The maximum absolute atomic E-state index is 11.6. The van der Waals surface area contributed by atoms with Gasteiger partial charge in [0.2, 0.25) is 11.8 Å². The zero-order valence-electron chi connectivity index (χ0n) is 11.9. The van der Waals surface area contributed by atoms with Gasteiger partial charge in [0.25, 0.3) is 0 Å². The fraction of sp³-hybridized carbons (Fsp3) is 0.833. The van der Waals surface area contributed by atoms with Gasteiger partial charge in [-0.2, -0.15) is 4.99 Å². The predicted octanol–water partition coefficient (Wildman–Crippen LogP) is -0.128. The third-order valence-corrected chi connectivity index (χ3v) is 3.21. The van der Waals surface area contributed by atoms with Gasteiger partial charge in [-0.3, -0.25) is 4.79 Å². The van der Waals surface area contributed by atoms with Crippen LogP contribution in [0.15, 0.2) is 4.99 Å². The summed E-state index contributed by atoms with van der Waals surface area (Å²) in [5.74, 6) is 0.650. The summed E-state index contributed by atoms with van der Waals surface area (Å²) in [6.45, 7) is 8.45. The van der Waals surface area contributed by atoms with Crippen LogP contribution in [0.2, 0.25) is 0 Å². The van der Waals surface area contributed by atoms with Gasteiger partial charge in [0, 0.05) is 32.6 Å². The molecule has 2 heterocycles. The van der Waals surface area contributed by atoms with Crippen LogP contribution in [0, 0.1) is 5.92 Å². The normalized spacial score (nSPS) is 25.2. The van der Waals surface area contributed by atoms with Gasteiger partial charge in [-0.1, -0.05) is 19.4 Å². The van der Waals surface area contributed by atoms with Gasteiger partial charge in [-0.05, 0) is 13.0 Å². The molecule has 2 saturated heterocycles. The Bertz CT molecular complexity index is 350. The molecule has 2 aliphatic rings. The molecule has 1 amide bonds. The molecule has 0 aromatic rings. The van der Waals surface area contributed by atoms with Crippen molar-refractivity contribution >= 4 is 11.8 Å². The number of rotatable bonds is 3. The minimum absolute atomic E-state index is 0.118.